The minimum Gasteiger partial charge on any atom is -0.266 e. The van der Waals surface area contributed by atoms with Crippen molar-refractivity contribution in [3.05, 3.63) is 57.0 Å². The standard InChI is InChI=1S/C18H22ClFN2OS/c1-18(2,3)22-17(23)16(19)15(11-21-22)24-12-14-8-6-13(7-9-14)5-4-10-20/h6-9,11H,4-5,10,12H2,1-3H3/i20-1. The number of thioether (sulfide) groups is 1. The summed E-state index contributed by atoms with van der Waals surface area (Å²) >= 11 is 7.71. The van der Waals surface area contributed by atoms with Crippen molar-refractivity contribution in [3.63, 3.8) is 0 Å². The molecule has 1 aromatic heterocycles. The molecule has 0 fully saturated rings. The highest BCUT2D eigenvalue weighted by molar-refractivity contribution is 7.98. The Hall–Kier alpha value is -1.33. The van der Waals surface area contributed by atoms with Crippen LogP contribution in [0, 0.1) is 0 Å². The molecule has 0 saturated carbocycles. The van der Waals surface area contributed by atoms with Crippen molar-refractivity contribution in [1.82, 2.24) is 9.78 Å². The quantitative estimate of drug-likeness (QED) is 0.685. The molecule has 0 aliphatic heterocycles. The zero-order valence-electron chi connectivity index (χ0n) is 14.2. The van der Waals surface area contributed by atoms with Gasteiger partial charge in [-0.3, -0.25) is 9.18 Å². The van der Waals surface area contributed by atoms with Gasteiger partial charge >= 0.3 is 0 Å². The van der Waals surface area contributed by atoms with Gasteiger partial charge in [-0.05, 0) is 44.7 Å². The average Bonchev–Trinajstić information content (AvgIpc) is 2.54. The minimum absolute atomic E-state index is 0.212. The lowest BCUT2D eigenvalue weighted by Crippen LogP contribution is -2.36. The van der Waals surface area contributed by atoms with Crippen LogP contribution in [-0.2, 0) is 17.7 Å². The van der Waals surface area contributed by atoms with Crippen molar-refractivity contribution in [3.8, 4) is 0 Å². The molecule has 0 radical (unpaired) electrons. The average molecular weight is 368 g/mol. The van der Waals surface area contributed by atoms with Gasteiger partial charge in [-0.25, -0.2) is 4.68 Å². The Bertz CT molecular complexity index is 738. The molecule has 24 heavy (non-hydrogen) atoms. The van der Waals surface area contributed by atoms with Crippen molar-refractivity contribution in [2.45, 2.75) is 49.8 Å². The topological polar surface area (TPSA) is 34.9 Å². The SMILES string of the molecule is CC(C)(C)n1ncc(SCc2ccc(CCC[18F])cc2)c(Cl)c1=O. The largest absolute Gasteiger partial charge is 0.287 e. The van der Waals surface area contributed by atoms with Crippen LogP contribution in [0.4, 0.5) is 4.39 Å². The zero-order chi connectivity index (χ0) is 17.7. The van der Waals surface area contributed by atoms with E-state index in [0.29, 0.717) is 17.1 Å². The van der Waals surface area contributed by atoms with Gasteiger partial charge in [0.1, 0.15) is 5.02 Å². The Kier molecular flexibility index (Phi) is 6.47. The number of benzene rings is 1. The number of rotatable bonds is 6. The van der Waals surface area contributed by atoms with Crippen LogP contribution in [-0.4, -0.2) is 16.5 Å². The van der Waals surface area contributed by atoms with E-state index in [0.717, 1.165) is 17.5 Å². The van der Waals surface area contributed by atoms with Gasteiger partial charge in [0.05, 0.1) is 23.3 Å². The number of alkyl halides is 1. The first kappa shape index (κ1) is 19.0. The van der Waals surface area contributed by atoms with Gasteiger partial charge in [0.2, 0.25) is 0 Å². The molecular weight excluding hydrogens is 346 g/mol. The molecule has 0 N–H and O–H groups in total. The first-order chi connectivity index (χ1) is 11.3. The van der Waals surface area contributed by atoms with Crippen LogP contribution >= 0.6 is 23.4 Å². The Morgan fingerprint density at radius 1 is 1.21 bits per heavy atom. The number of nitrogens with zero attached hydrogens (tertiary/aromatic N) is 2. The van der Waals surface area contributed by atoms with Crippen LogP contribution in [0.1, 0.15) is 38.3 Å². The number of hydrogen-bond acceptors (Lipinski definition) is 3. The van der Waals surface area contributed by atoms with E-state index in [1.165, 1.54) is 16.4 Å². The van der Waals surface area contributed by atoms with E-state index < -0.39 is 5.54 Å². The van der Waals surface area contributed by atoms with E-state index in [4.69, 9.17) is 11.6 Å². The van der Waals surface area contributed by atoms with Crippen LogP contribution in [0.3, 0.4) is 0 Å². The molecule has 0 amide bonds. The monoisotopic (exact) mass is 367 g/mol. The molecule has 0 saturated heterocycles. The van der Waals surface area contributed by atoms with Crippen molar-refractivity contribution in [2.75, 3.05) is 6.67 Å². The highest BCUT2D eigenvalue weighted by Gasteiger charge is 2.19. The summed E-state index contributed by atoms with van der Waals surface area (Å²) in [6, 6.07) is 8.09. The highest BCUT2D eigenvalue weighted by Crippen LogP contribution is 2.27. The van der Waals surface area contributed by atoms with E-state index >= 15 is 0 Å². The molecule has 0 aliphatic rings. The molecule has 0 aliphatic carbocycles. The Labute approximate surface area is 151 Å². The summed E-state index contributed by atoms with van der Waals surface area (Å²) in [6.45, 7) is 5.45. The lowest BCUT2D eigenvalue weighted by atomic mass is 10.1. The zero-order valence-corrected chi connectivity index (χ0v) is 15.8. The van der Waals surface area contributed by atoms with Gasteiger partial charge < -0.3 is 0 Å². The molecule has 3 nitrogen and oxygen atoms in total. The minimum atomic E-state index is -0.403. The van der Waals surface area contributed by atoms with E-state index in [-0.39, 0.29) is 17.3 Å². The van der Waals surface area contributed by atoms with Crippen LogP contribution in [0.25, 0.3) is 0 Å². The maximum atomic E-state index is 12.3. The smallest absolute Gasteiger partial charge is 0.266 e. The third kappa shape index (κ3) is 4.84. The van der Waals surface area contributed by atoms with Crippen molar-refractivity contribution in [2.24, 2.45) is 0 Å². The van der Waals surface area contributed by atoms with Crippen molar-refractivity contribution < 1.29 is 4.39 Å². The summed E-state index contributed by atoms with van der Waals surface area (Å²) < 4.78 is 13.6. The number of halogens is 2. The summed E-state index contributed by atoms with van der Waals surface area (Å²) in [7, 11) is 0. The first-order valence-electron chi connectivity index (χ1n) is 7.88. The van der Waals surface area contributed by atoms with Gasteiger partial charge in [-0.15, -0.1) is 11.8 Å². The van der Waals surface area contributed by atoms with E-state index in [2.05, 4.69) is 5.10 Å². The van der Waals surface area contributed by atoms with Crippen LogP contribution in [0.15, 0.2) is 40.2 Å². The van der Waals surface area contributed by atoms with Gasteiger partial charge in [0.25, 0.3) is 5.56 Å². The third-order valence-corrected chi connectivity index (χ3v) is 5.11. The Morgan fingerprint density at radius 3 is 2.42 bits per heavy atom. The predicted octanol–water partition coefficient (Wildman–Crippen LogP) is 4.85. The fourth-order valence-electron chi connectivity index (χ4n) is 2.23. The number of aromatic nitrogens is 2. The van der Waals surface area contributed by atoms with Crippen molar-refractivity contribution in [1.29, 1.82) is 0 Å². The van der Waals surface area contributed by atoms with Crippen LogP contribution < -0.4 is 5.56 Å². The second-order valence-corrected chi connectivity index (χ2v) is 8.00. The molecule has 0 unspecified atom stereocenters. The third-order valence-electron chi connectivity index (χ3n) is 3.54. The molecule has 0 bridgehead atoms. The molecule has 1 heterocycles. The highest BCUT2D eigenvalue weighted by atomic mass is 35.5. The first-order valence-corrected chi connectivity index (χ1v) is 9.24. The fourth-order valence-corrected chi connectivity index (χ4v) is 3.37. The van der Waals surface area contributed by atoms with E-state index in [1.54, 1.807) is 6.20 Å². The van der Waals surface area contributed by atoms with E-state index in [1.807, 2.05) is 45.0 Å². The van der Waals surface area contributed by atoms with Gasteiger partial charge in [0.15, 0.2) is 0 Å². The molecule has 0 spiro atoms. The number of hydrogen-bond donors (Lipinski definition) is 0. The fraction of sp³-hybridized carbons (Fsp3) is 0.444. The Morgan fingerprint density at radius 2 is 1.83 bits per heavy atom. The summed E-state index contributed by atoms with van der Waals surface area (Å²) in [6.07, 6.45) is 2.96. The summed E-state index contributed by atoms with van der Waals surface area (Å²) in [5, 5.41) is 4.45. The van der Waals surface area contributed by atoms with E-state index in [9.17, 15) is 9.18 Å². The molecule has 6 heteroatoms. The summed E-state index contributed by atoms with van der Waals surface area (Å²) in [4.78, 5) is 13.0. The second-order valence-electron chi connectivity index (χ2n) is 6.61. The molecule has 0 atom stereocenters. The normalized spacial score (nSPS) is 11.7. The van der Waals surface area contributed by atoms with Gasteiger partial charge in [-0.1, -0.05) is 35.9 Å². The molecule has 1 aromatic carbocycles. The Balaban J connectivity index is 2.07. The van der Waals surface area contributed by atoms with Crippen LogP contribution in [0.2, 0.25) is 5.02 Å². The lowest BCUT2D eigenvalue weighted by Gasteiger charge is -2.21. The maximum Gasteiger partial charge on any atom is 0.287 e. The molecule has 2 aromatic rings. The van der Waals surface area contributed by atoms with Crippen LogP contribution in [0.5, 0.6) is 0 Å². The second kappa shape index (κ2) is 8.17. The number of aryl methyl sites for hydroxylation is 1. The summed E-state index contributed by atoms with van der Waals surface area (Å²) in [5.41, 5.74) is 1.59. The lowest BCUT2D eigenvalue weighted by molar-refractivity contribution is 0.336. The van der Waals surface area contributed by atoms with Gasteiger partial charge in [0, 0.05) is 5.75 Å². The van der Waals surface area contributed by atoms with Crippen molar-refractivity contribution >= 4 is 23.4 Å². The molecule has 130 valence electrons. The maximum absolute atomic E-state index is 12.3. The molecular formula is C18H22ClFN2OS. The molecule has 2 rings (SSSR count). The van der Waals surface area contributed by atoms with Gasteiger partial charge in [-0.2, -0.15) is 5.10 Å². The summed E-state index contributed by atoms with van der Waals surface area (Å²) in [5.74, 6) is 0.698. The predicted molar refractivity (Wildman–Crippen MR) is 98.8 cm³/mol.